The Balaban J connectivity index is 1.19. The largest absolute Gasteiger partial charge is 0.353 e. The highest BCUT2D eigenvalue weighted by Crippen LogP contribution is 2.28. The minimum Gasteiger partial charge on any atom is -0.353 e. The maximum atomic E-state index is 12.2. The van der Waals surface area contributed by atoms with Crippen LogP contribution >= 0.6 is 0 Å². The molecule has 2 amide bonds. The monoisotopic (exact) mass is 396 g/mol. The molecular formula is C21H28N6O2. The first kappa shape index (κ1) is 19.5. The molecule has 0 spiro atoms. The molecule has 2 fully saturated rings. The van der Waals surface area contributed by atoms with E-state index >= 15 is 0 Å². The van der Waals surface area contributed by atoms with Crippen molar-refractivity contribution in [1.82, 2.24) is 30.4 Å². The minimum atomic E-state index is 0.0883. The lowest BCUT2D eigenvalue weighted by Crippen LogP contribution is -2.38. The van der Waals surface area contributed by atoms with Gasteiger partial charge in [-0.15, -0.1) is 10.2 Å². The molecule has 2 heterocycles. The summed E-state index contributed by atoms with van der Waals surface area (Å²) in [5.74, 6) is 0.962. The molecule has 1 aliphatic carbocycles. The molecular weight excluding hydrogens is 368 g/mol. The van der Waals surface area contributed by atoms with E-state index in [2.05, 4.69) is 20.7 Å². The smallest absolute Gasteiger partial charge is 0.222 e. The second-order valence-electron chi connectivity index (χ2n) is 7.96. The lowest BCUT2D eigenvalue weighted by Gasteiger charge is -2.28. The van der Waals surface area contributed by atoms with Crippen molar-refractivity contribution >= 4 is 11.8 Å². The third-order valence-corrected chi connectivity index (χ3v) is 5.85. The molecule has 0 bridgehead atoms. The second kappa shape index (κ2) is 9.15. The van der Waals surface area contributed by atoms with Gasteiger partial charge in [-0.1, -0.05) is 30.3 Å². The Morgan fingerprint density at radius 3 is 2.66 bits per heavy atom. The van der Waals surface area contributed by atoms with Crippen LogP contribution in [0.1, 0.15) is 57.4 Å². The number of likely N-dealkylation sites (tertiary alicyclic amines) is 1. The standard InChI is InChI=1S/C21H28N6O2/c28-19(8-4-14-26-15-5-9-20(26)29)22-17-10-12-18(13-11-17)27-24-21(23-25-27)16-6-2-1-3-7-16/h1-3,6-7,17-18H,4-5,8-15H2,(H,22,28). The van der Waals surface area contributed by atoms with Gasteiger partial charge in [0.1, 0.15) is 0 Å². The fraction of sp³-hybridized carbons (Fsp3) is 0.571. The first-order chi connectivity index (χ1) is 14.2. The van der Waals surface area contributed by atoms with E-state index in [4.69, 9.17) is 0 Å². The molecule has 8 heteroatoms. The molecule has 0 atom stereocenters. The number of benzene rings is 1. The van der Waals surface area contributed by atoms with Gasteiger partial charge >= 0.3 is 0 Å². The van der Waals surface area contributed by atoms with Crippen LogP contribution in [0, 0.1) is 0 Å². The summed E-state index contributed by atoms with van der Waals surface area (Å²) in [7, 11) is 0. The summed E-state index contributed by atoms with van der Waals surface area (Å²) in [6, 6.07) is 10.3. The van der Waals surface area contributed by atoms with E-state index in [9.17, 15) is 9.59 Å². The minimum absolute atomic E-state index is 0.0883. The van der Waals surface area contributed by atoms with Crippen molar-refractivity contribution in [2.24, 2.45) is 0 Å². The number of carbonyl (C=O) groups is 2. The Morgan fingerprint density at radius 2 is 1.93 bits per heavy atom. The molecule has 4 rings (SSSR count). The summed E-state index contributed by atoms with van der Waals surface area (Å²) in [6.45, 7) is 1.54. The fourth-order valence-electron chi connectivity index (χ4n) is 4.20. The molecule has 0 radical (unpaired) electrons. The van der Waals surface area contributed by atoms with E-state index in [0.29, 0.717) is 25.2 Å². The first-order valence-electron chi connectivity index (χ1n) is 10.6. The summed E-state index contributed by atoms with van der Waals surface area (Å²) >= 11 is 0. The number of nitrogens with zero attached hydrogens (tertiary/aromatic N) is 5. The molecule has 29 heavy (non-hydrogen) atoms. The molecule has 1 saturated carbocycles. The maximum absolute atomic E-state index is 12.2. The Bertz CT molecular complexity index is 829. The summed E-state index contributed by atoms with van der Waals surface area (Å²) in [5.41, 5.74) is 0.968. The third kappa shape index (κ3) is 4.99. The highest BCUT2D eigenvalue weighted by atomic mass is 16.2. The van der Waals surface area contributed by atoms with Crippen LogP contribution in [0.25, 0.3) is 11.4 Å². The fourth-order valence-corrected chi connectivity index (χ4v) is 4.20. The quantitative estimate of drug-likeness (QED) is 0.775. The number of carbonyl (C=O) groups excluding carboxylic acids is 2. The van der Waals surface area contributed by atoms with E-state index in [-0.39, 0.29) is 23.9 Å². The highest BCUT2D eigenvalue weighted by Gasteiger charge is 2.25. The number of rotatable bonds is 7. The van der Waals surface area contributed by atoms with E-state index in [0.717, 1.165) is 50.6 Å². The average molecular weight is 396 g/mol. The maximum Gasteiger partial charge on any atom is 0.222 e. The van der Waals surface area contributed by atoms with Crippen molar-refractivity contribution in [2.45, 2.75) is 63.5 Å². The molecule has 8 nitrogen and oxygen atoms in total. The Morgan fingerprint density at radius 1 is 1.14 bits per heavy atom. The van der Waals surface area contributed by atoms with Gasteiger partial charge in [0.15, 0.2) is 0 Å². The van der Waals surface area contributed by atoms with Crippen LogP contribution in [0.2, 0.25) is 0 Å². The van der Waals surface area contributed by atoms with E-state index in [1.165, 1.54) is 0 Å². The number of aromatic nitrogens is 4. The van der Waals surface area contributed by atoms with E-state index < -0.39 is 0 Å². The van der Waals surface area contributed by atoms with Crippen LogP contribution in [-0.2, 0) is 9.59 Å². The summed E-state index contributed by atoms with van der Waals surface area (Å²) in [5, 5.41) is 16.1. The van der Waals surface area contributed by atoms with Crippen molar-refractivity contribution in [2.75, 3.05) is 13.1 Å². The Kier molecular flexibility index (Phi) is 6.17. The number of hydrogen-bond donors (Lipinski definition) is 1. The van der Waals surface area contributed by atoms with Crippen molar-refractivity contribution in [3.8, 4) is 11.4 Å². The third-order valence-electron chi connectivity index (χ3n) is 5.85. The van der Waals surface area contributed by atoms with Crippen LogP contribution < -0.4 is 5.32 Å². The number of nitrogens with one attached hydrogen (secondary N) is 1. The molecule has 1 aromatic heterocycles. The second-order valence-corrected chi connectivity index (χ2v) is 7.96. The van der Waals surface area contributed by atoms with Crippen molar-refractivity contribution < 1.29 is 9.59 Å². The molecule has 0 unspecified atom stereocenters. The van der Waals surface area contributed by atoms with Gasteiger partial charge in [-0.05, 0) is 43.7 Å². The van der Waals surface area contributed by atoms with Gasteiger partial charge in [0.05, 0.1) is 6.04 Å². The Hall–Kier alpha value is -2.77. The summed E-state index contributed by atoms with van der Waals surface area (Å²) in [4.78, 5) is 27.4. The molecule has 1 aromatic carbocycles. The van der Waals surface area contributed by atoms with Gasteiger partial charge in [0, 0.05) is 37.5 Å². The molecule has 154 valence electrons. The molecule has 1 aliphatic heterocycles. The van der Waals surface area contributed by atoms with Crippen molar-refractivity contribution in [3.63, 3.8) is 0 Å². The van der Waals surface area contributed by atoms with Gasteiger partial charge in [-0.2, -0.15) is 4.80 Å². The average Bonchev–Trinajstić information content (AvgIpc) is 3.39. The zero-order valence-electron chi connectivity index (χ0n) is 16.7. The normalized spacial score (nSPS) is 22.1. The molecule has 1 saturated heterocycles. The predicted molar refractivity (Wildman–Crippen MR) is 108 cm³/mol. The van der Waals surface area contributed by atoms with Gasteiger partial charge in [-0.3, -0.25) is 9.59 Å². The number of hydrogen-bond acceptors (Lipinski definition) is 5. The van der Waals surface area contributed by atoms with Gasteiger partial charge in [-0.25, -0.2) is 0 Å². The van der Waals surface area contributed by atoms with E-state index in [1.807, 2.05) is 35.2 Å². The van der Waals surface area contributed by atoms with Gasteiger partial charge < -0.3 is 10.2 Å². The molecule has 2 aliphatic rings. The van der Waals surface area contributed by atoms with Gasteiger partial charge in [0.25, 0.3) is 0 Å². The highest BCUT2D eigenvalue weighted by molar-refractivity contribution is 5.78. The molecule has 2 aromatic rings. The summed E-state index contributed by atoms with van der Waals surface area (Å²) < 4.78 is 0. The lowest BCUT2D eigenvalue weighted by molar-refractivity contribution is -0.128. The van der Waals surface area contributed by atoms with E-state index in [1.54, 1.807) is 4.80 Å². The SMILES string of the molecule is O=C(CCCN1CCCC1=O)NC1CCC(n2nnc(-c3ccccc3)n2)CC1. The number of tetrazole rings is 1. The van der Waals surface area contributed by atoms with Crippen molar-refractivity contribution in [3.05, 3.63) is 30.3 Å². The predicted octanol–water partition coefficient (Wildman–Crippen LogP) is 2.34. The van der Waals surface area contributed by atoms with Crippen LogP contribution in [0.15, 0.2) is 30.3 Å². The van der Waals surface area contributed by atoms with Crippen LogP contribution in [-0.4, -0.2) is 56.1 Å². The summed E-state index contributed by atoms with van der Waals surface area (Å²) in [6.07, 6.45) is 6.51. The van der Waals surface area contributed by atoms with Crippen LogP contribution in [0.3, 0.4) is 0 Å². The molecule has 1 N–H and O–H groups in total. The first-order valence-corrected chi connectivity index (χ1v) is 10.6. The zero-order chi connectivity index (χ0) is 20.1. The van der Waals surface area contributed by atoms with Crippen LogP contribution in [0.5, 0.6) is 0 Å². The number of amides is 2. The topological polar surface area (TPSA) is 93.0 Å². The van der Waals surface area contributed by atoms with Crippen LogP contribution in [0.4, 0.5) is 0 Å². The zero-order valence-corrected chi connectivity index (χ0v) is 16.7. The Labute approximate surface area is 170 Å². The lowest BCUT2D eigenvalue weighted by atomic mass is 9.91. The van der Waals surface area contributed by atoms with Crippen molar-refractivity contribution in [1.29, 1.82) is 0 Å². The van der Waals surface area contributed by atoms with Gasteiger partial charge in [0.2, 0.25) is 17.6 Å².